The zero-order valence-electron chi connectivity index (χ0n) is 21.7. The number of likely N-dealkylation sites (tertiary alicyclic amines) is 1. The molecule has 1 fully saturated rings. The molecule has 0 saturated carbocycles. The van der Waals surface area contributed by atoms with Crippen LogP contribution in [0.5, 0.6) is 0 Å². The van der Waals surface area contributed by atoms with Crippen LogP contribution in [-0.4, -0.2) is 52.2 Å². The molecule has 2 aromatic carbocycles. The van der Waals surface area contributed by atoms with E-state index in [0.29, 0.717) is 58.0 Å². The van der Waals surface area contributed by atoms with Crippen LogP contribution in [-0.2, 0) is 0 Å². The van der Waals surface area contributed by atoms with Crippen molar-refractivity contribution in [1.29, 1.82) is 0 Å². The van der Waals surface area contributed by atoms with Gasteiger partial charge < -0.3 is 20.6 Å². The van der Waals surface area contributed by atoms with Crippen LogP contribution in [0, 0.1) is 11.6 Å². The van der Waals surface area contributed by atoms with Gasteiger partial charge >= 0.3 is 6.03 Å². The van der Waals surface area contributed by atoms with Crippen molar-refractivity contribution in [3.05, 3.63) is 96.2 Å². The van der Waals surface area contributed by atoms with Gasteiger partial charge in [-0.2, -0.15) is 0 Å². The number of aromatic nitrogens is 1. The number of hydrogen-bond acceptors (Lipinski definition) is 6. The van der Waals surface area contributed by atoms with Crippen LogP contribution in [0.4, 0.5) is 30.6 Å². The van der Waals surface area contributed by atoms with Crippen molar-refractivity contribution in [3.63, 3.8) is 0 Å². The van der Waals surface area contributed by atoms with Crippen LogP contribution >= 0.6 is 11.3 Å². The van der Waals surface area contributed by atoms with Gasteiger partial charge in [-0.15, -0.1) is 11.3 Å². The van der Waals surface area contributed by atoms with Gasteiger partial charge in [0.25, 0.3) is 5.91 Å². The highest BCUT2D eigenvalue weighted by Gasteiger charge is 2.34. The van der Waals surface area contributed by atoms with Gasteiger partial charge in [-0.1, -0.05) is 37.4 Å². The van der Waals surface area contributed by atoms with E-state index in [1.54, 1.807) is 42.6 Å². The van der Waals surface area contributed by atoms with Crippen molar-refractivity contribution in [1.82, 2.24) is 15.2 Å². The van der Waals surface area contributed by atoms with Crippen molar-refractivity contribution in [3.8, 4) is 11.1 Å². The first kappa shape index (κ1) is 26.6. The minimum absolute atomic E-state index is 0.0717. The Labute approximate surface area is 238 Å². The molecule has 0 radical (unpaired) electrons. The van der Waals surface area contributed by atoms with Crippen molar-refractivity contribution in [2.24, 2.45) is 0 Å². The van der Waals surface area contributed by atoms with Gasteiger partial charge in [-0.05, 0) is 42.3 Å². The number of pyridine rings is 1. The van der Waals surface area contributed by atoms with E-state index < -0.39 is 29.7 Å². The van der Waals surface area contributed by atoms with Gasteiger partial charge in [0, 0.05) is 36.6 Å². The number of halogens is 2. The molecule has 2 atom stereocenters. The average Bonchev–Trinajstić information content (AvgIpc) is 3.33. The molecule has 2 aliphatic heterocycles. The zero-order chi connectivity index (χ0) is 28.8. The molecule has 11 heteroatoms. The first-order chi connectivity index (χ1) is 19.7. The van der Waals surface area contributed by atoms with Crippen LogP contribution in [0.3, 0.4) is 0 Å². The quantitative estimate of drug-likeness (QED) is 0.254. The molecule has 0 bridgehead atoms. The number of aliphatic hydroxyl groups excluding tert-OH is 1. The fourth-order valence-electron chi connectivity index (χ4n) is 5.33. The van der Waals surface area contributed by atoms with Crippen molar-refractivity contribution in [2.75, 3.05) is 23.3 Å². The second kappa shape index (κ2) is 10.4. The molecular formula is C30H25F2N5O3S. The lowest BCUT2D eigenvalue weighted by molar-refractivity contribution is 0.0646. The largest absolute Gasteiger partial charge is 0.391 e. The number of anilines is 3. The summed E-state index contributed by atoms with van der Waals surface area (Å²) in [5.74, 6) is -2.33. The number of thiophene rings is 1. The Morgan fingerprint density at radius 2 is 2.00 bits per heavy atom. The summed E-state index contributed by atoms with van der Waals surface area (Å²) >= 11 is 1.15. The number of allylic oxidation sites excluding steroid dienone is 1. The highest BCUT2D eigenvalue weighted by Crippen LogP contribution is 2.46. The van der Waals surface area contributed by atoms with E-state index in [0.717, 1.165) is 17.4 Å². The highest BCUT2D eigenvalue weighted by atomic mass is 32.1. The van der Waals surface area contributed by atoms with E-state index in [1.165, 1.54) is 17.0 Å². The monoisotopic (exact) mass is 573 g/mol. The molecule has 6 rings (SSSR count). The van der Waals surface area contributed by atoms with Crippen LogP contribution in [0.1, 0.15) is 16.1 Å². The van der Waals surface area contributed by atoms with Gasteiger partial charge in [-0.3, -0.25) is 9.69 Å². The molecule has 4 aromatic rings. The maximum absolute atomic E-state index is 14.5. The number of piperidine rings is 1. The molecule has 0 unspecified atom stereocenters. The SMILES string of the molecule is C=CC(=C)N1C[C@@H](O)C[C@@H](NC(=O)c2sc3nccc4c3c2NC(=O)N4c2cccc(-c3cccc(F)c3F)c2)C1. The van der Waals surface area contributed by atoms with Crippen molar-refractivity contribution < 1.29 is 23.5 Å². The van der Waals surface area contributed by atoms with Crippen LogP contribution in [0.25, 0.3) is 21.3 Å². The minimum atomic E-state index is -0.975. The number of carbonyl (C=O) groups is 2. The molecule has 0 aliphatic carbocycles. The molecule has 3 N–H and O–H groups in total. The Morgan fingerprint density at radius 3 is 2.80 bits per heavy atom. The third-order valence-corrected chi connectivity index (χ3v) is 8.32. The Bertz CT molecular complexity index is 1740. The Balaban J connectivity index is 1.34. The summed E-state index contributed by atoms with van der Waals surface area (Å²) < 4.78 is 28.4. The first-order valence-electron chi connectivity index (χ1n) is 12.9. The molecule has 1 saturated heterocycles. The van der Waals surface area contributed by atoms with Crippen molar-refractivity contribution in [2.45, 2.75) is 18.6 Å². The lowest BCUT2D eigenvalue weighted by atomic mass is 10.0. The molecule has 208 valence electrons. The van der Waals surface area contributed by atoms with Crippen LogP contribution in [0.2, 0.25) is 0 Å². The number of benzene rings is 2. The second-order valence-electron chi connectivity index (χ2n) is 9.89. The number of rotatable bonds is 6. The standard InChI is InChI=1S/C30H25F2N5O3S/c1-3-16(2)36-14-18(13-20(38)15-36)34-28(39)27-26-24-23(10-11-33-29(24)41-27)37(30(40)35-26)19-7-4-6-17(12-19)21-8-5-9-22(31)25(21)32/h3-12,18,20,38H,1-2,13-15H2,(H,34,39)(H,35,40)/t18-,20+/m1/s1. The number of urea groups is 1. The molecule has 4 heterocycles. The minimum Gasteiger partial charge on any atom is -0.391 e. The number of β-amino-alcohol motifs (C(OH)–C–C–N with tert-alkyl or cyclic N) is 1. The van der Waals surface area contributed by atoms with Crippen LogP contribution in [0.15, 0.2) is 79.7 Å². The predicted molar refractivity (Wildman–Crippen MR) is 155 cm³/mol. The average molecular weight is 574 g/mol. The summed E-state index contributed by atoms with van der Waals surface area (Å²) in [7, 11) is 0. The second-order valence-corrected chi connectivity index (χ2v) is 10.9. The summed E-state index contributed by atoms with van der Waals surface area (Å²) in [4.78, 5) is 35.5. The summed E-state index contributed by atoms with van der Waals surface area (Å²) in [6.45, 7) is 8.52. The van der Waals surface area contributed by atoms with Gasteiger partial charge in [-0.25, -0.2) is 18.6 Å². The Kier molecular flexibility index (Phi) is 6.76. The molecule has 3 amide bonds. The summed E-state index contributed by atoms with van der Waals surface area (Å²) in [5, 5.41) is 16.8. The van der Waals surface area contributed by atoms with E-state index in [4.69, 9.17) is 0 Å². The molecule has 41 heavy (non-hydrogen) atoms. The fraction of sp³-hybridized carbons (Fsp3) is 0.167. The van der Waals surface area contributed by atoms with E-state index >= 15 is 0 Å². The molecular weight excluding hydrogens is 548 g/mol. The number of aliphatic hydroxyl groups is 1. The summed E-state index contributed by atoms with van der Waals surface area (Å²) in [6, 6.07) is 11.3. The lowest BCUT2D eigenvalue weighted by Crippen LogP contribution is -2.51. The van der Waals surface area contributed by atoms with E-state index in [9.17, 15) is 23.5 Å². The Hall–Kier alpha value is -4.61. The van der Waals surface area contributed by atoms with E-state index in [1.807, 2.05) is 4.90 Å². The summed E-state index contributed by atoms with van der Waals surface area (Å²) in [5.41, 5.74) is 2.41. The Morgan fingerprint density at radius 1 is 1.20 bits per heavy atom. The normalized spacial score (nSPS) is 18.3. The smallest absolute Gasteiger partial charge is 0.331 e. The third kappa shape index (κ3) is 4.72. The van der Waals surface area contributed by atoms with Gasteiger partial charge in [0.2, 0.25) is 0 Å². The number of nitrogens with zero attached hydrogens (tertiary/aromatic N) is 3. The number of hydrogen-bond donors (Lipinski definition) is 3. The van der Waals surface area contributed by atoms with Gasteiger partial charge in [0.15, 0.2) is 11.6 Å². The topological polar surface area (TPSA) is 97.8 Å². The number of nitrogens with one attached hydrogen (secondary N) is 2. The summed E-state index contributed by atoms with van der Waals surface area (Å²) in [6.07, 6.45) is 2.88. The molecule has 2 aromatic heterocycles. The molecule has 0 spiro atoms. The van der Waals surface area contributed by atoms with Crippen molar-refractivity contribution >= 4 is 50.6 Å². The molecule has 8 nitrogen and oxygen atoms in total. The fourth-order valence-corrected chi connectivity index (χ4v) is 6.35. The number of amides is 3. The third-order valence-electron chi connectivity index (χ3n) is 7.22. The highest BCUT2D eigenvalue weighted by molar-refractivity contribution is 7.21. The molecule has 2 aliphatic rings. The van der Waals surface area contributed by atoms with Gasteiger partial charge in [0.05, 0.1) is 28.6 Å². The predicted octanol–water partition coefficient (Wildman–Crippen LogP) is 5.79. The van der Waals surface area contributed by atoms with Gasteiger partial charge in [0.1, 0.15) is 9.71 Å². The van der Waals surface area contributed by atoms with Crippen LogP contribution < -0.4 is 15.5 Å². The lowest BCUT2D eigenvalue weighted by Gasteiger charge is -2.37. The zero-order valence-corrected chi connectivity index (χ0v) is 22.5. The maximum Gasteiger partial charge on any atom is 0.331 e. The maximum atomic E-state index is 14.5. The number of carbonyl (C=O) groups excluding carboxylic acids is 2. The van der Waals surface area contributed by atoms with E-state index in [-0.39, 0.29) is 16.5 Å². The van der Waals surface area contributed by atoms with E-state index in [2.05, 4.69) is 28.8 Å². The first-order valence-corrected chi connectivity index (χ1v) is 13.7.